The Bertz CT molecular complexity index is 878. The van der Waals surface area contributed by atoms with Crippen LogP contribution >= 0.6 is 0 Å². The molecule has 0 spiro atoms. The van der Waals surface area contributed by atoms with E-state index in [2.05, 4.69) is 10.6 Å². The molecular weight excluding hydrogens is 392 g/mol. The van der Waals surface area contributed by atoms with E-state index in [1.165, 1.54) is 0 Å². The number of nitrogens with one attached hydrogen (secondary N) is 3. The third-order valence-corrected chi connectivity index (χ3v) is 4.99. The summed E-state index contributed by atoms with van der Waals surface area (Å²) in [5.41, 5.74) is 1.37. The molecule has 6 amide bonds. The summed E-state index contributed by atoms with van der Waals surface area (Å²) in [6.45, 7) is 5.91. The number of amides is 6. The minimum absolute atomic E-state index is 0.387. The highest BCUT2D eigenvalue weighted by molar-refractivity contribution is 6.08. The topological polar surface area (TPSA) is 134 Å². The molecule has 0 bridgehead atoms. The van der Waals surface area contributed by atoms with Crippen LogP contribution in [0, 0.1) is 13.8 Å². The van der Waals surface area contributed by atoms with E-state index < -0.39 is 48.5 Å². The van der Waals surface area contributed by atoms with Crippen LogP contribution in [-0.4, -0.2) is 53.4 Å². The minimum Gasteiger partial charge on any atom is -0.454 e. The molecule has 10 nitrogen and oxygen atoms in total. The lowest BCUT2D eigenvalue weighted by Crippen LogP contribution is -2.46. The monoisotopic (exact) mass is 418 g/mol. The largest absolute Gasteiger partial charge is 0.454 e. The third-order valence-electron chi connectivity index (χ3n) is 4.99. The van der Waals surface area contributed by atoms with Gasteiger partial charge in [-0.2, -0.15) is 0 Å². The second kappa shape index (κ2) is 9.38. The van der Waals surface area contributed by atoms with Crippen LogP contribution in [0.3, 0.4) is 0 Å². The van der Waals surface area contributed by atoms with Crippen LogP contribution in [0.2, 0.25) is 0 Å². The summed E-state index contributed by atoms with van der Waals surface area (Å²) >= 11 is 0. The van der Waals surface area contributed by atoms with Gasteiger partial charge in [0.25, 0.3) is 11.8 Å². The van der Waals surface area contributed by atoms with Gasteiger partial charge in [0, 0.05) is 5.69 Å². The average Bonchev–Trinajstić information content (AvgIpc) is 2.93. The Kier molecular flexibility index (Phi) is 7.14. The van der Waals surface area contributed by atoms with Crippen molar-refractivity contribution in [3.63, 3.8) is 0 Å². The Morgan fingerprint density at radius 3 is 2.37 bits per heavy atom. The first-order valence-electron chi connectivity index (χ1n) is 9.59. The van der Waals surface area contributed by atoms with Crippen LogP contribution < -0.4 is 16.0 Å². The fourth-order valence-corrected chi connectivity index (χ4v) is 3.14. The Balaban J connectivity index is 1.82. The van der Waals surface area contributed by atoms with E-state index in [0.29, 0.717) is 18.5 Å². The number of benzene rings is 1. The molecular formula is C20H26N4O6. The van der Waals surface area contributed by atoms with Crippen molar-refractivity contribution in [2.24, 2.45) is 0 Å². The molecule has 30 heavy (non-hydrogen) atoms. The number of imide groups is 2. The molecule has 0 radical (unpaired) electrons. The van der Waals surface area contributed by atoms with Gasteiger partial charge >= 0.3 is 18.0 Å². The first-order valence-corrected chi connectivity index (χ1v) is 9.59. The molecule has 0 aromatic heterocycles. The highest BCUT2D eigenvalue weighted by Gasteiger charge is 2.49. The van der Waals surface area contributed by atoms with E-state index in [0.717, 1.165) is 16.0 Å². The number of hydrogen-bond donors (Lipinski definition) is 3. The molecule has 1 fully saturated rings. The first-order chi connectivity index (χ1) is 14.1. The van der Waals surface area contributed by atoms with Crippen molar-refractivity contribution in [3.05, 3.63) is 29.3 Å². The van der Waals surface area contributed by atoms with Gasteiger partial charge in [0.05, 0.1) is 0 Å². The number of carbonyl (C=O) groups is 5. The van der Waals surface area contributed by atoms with Crippen LogP contribution in [0.15, 0.2) is 18.2 Å². The van der Waals surface area contributed by atoms with Crippen LogP contribution in [-0.2, 0) is 19.1 Å². The summed E-state index contributed by atoms with van der Waals surface area (Å²) < 4.78 is 4.78. The fourth-order valence-electron chi connectivity index (χ4n) is 3.14. The molecule has 2 rings (SSSR count). The maximum absolute atomic E-state index is 12.4. The van der Waals surface area contributed by atoms with Crippen molar-refractivity contribution in [2.45, 2.75) is 46.1 Å². The number of anilines is 1. The lowest BCUT2D eigenvalue weighted by atomic mass is 9.93. The average molecular weight is 418 g/mol. The van der Waals surface area contributed by atoms with Crippen LogP contribution in [0.5, 0.6) is 0 Å². The maximum Gasteiger partial charge on any atom is 0.326 e. The van der Waals surface area contributed by atoms with Gasteiger partial charge in [-0.25, -0.2) is 9.59 Å². The van der Waals surface area contributed by atoms with Crippen molar-refractivity contribution in [1.29, 1.82) is 0 Å². The van der Waals surface area contributed by atoms with E-state index in [9.17, 15) is 24.0 Å². The number of hydrogen-bond acceptors (Lipinski definition) is 6. The molecule has 0 saturated carbocycles. The van der Waals surface area contributed by atoms with Gasteiger partial charge in [0.1, 0.15) is 12.1 Å². The van der Waals surface area contributed by atoms with E-state index in [1.807, 2.05) is 31.3 Å². The summed E-state index contributed by atoms with van der Waals surface area (Å²) in [6, 6.07) is 3.94. The molecule has 1 heterocycles. The van der Waals surface area contributed by atoms with E-state index in [4.69, 9.17) is 4.74 Å². The van der Waals surface area contributed by atoms with Crippen molar-refractivity contribution in [3.8, 4) is 0 Å². The zero-order valence-corrected chi connectivity index (χ0v) is 17.5. The molecule has 0 atom stereocenters. The van der Waals surface area contributed by atoms with Gasteiger partial charge in [0.15, 0.2) is 6.61 Å². The van der Waals surface area contributed by atoms with Crippen molar-refractivity contribution >= 4 is 35.5 Å². The zero-order chi connectivity index (χ0) is 22.5. The van der Waals surface area contributed by atoms with Crippen LogP contribution in [0.1, 0.15) is 37.8 Å². The number of carbonyl (C=O) groups excluding carboxylic acids is 5. The second-order valence-corrected chi connectivity index (χ2v) is 7.09. The maximum atomic E-state index is 12.4. The predicted molar refractivity (Wildman–Crippen MR) is 108 cm³/mol. The number of ether oxygens (including phenoxy) is 1. The SMILES string of the molecule is CCC1(CC)NC(=O)N(CC(=O)OCC(=O)NC(=O)Nc2ccc(C)cc2C)C1=O. The van der Waals surface area contributed by atoms with Gasteiger partial charge in [-0.05, 0) is 38.3 Å². The Morgan fingerprint density at radius 2 is 1.80 bits per heavy atom. The number of aryl methyl sites for hydroxylation is 2. The smallest absolute Gasteiger partial charge is 0.326 e. The third kappa shape index (κ3) is 5.13. The van der Waals surface area contributed by atoms with E-state index >= 15 is 0 Å². The van der Waals surface area contributed by atoms with Gasteiger partial charge < -0.3 is 15.4 Å². The molecule has 10 heteroatoms. The molecule has 162 valence electrons. The molecule has 1 aromatic rings. The first kappa shape index (κ1) is 22.9. The molecule has 0 aliphatic carbocycles. The Labute approximate surface area is 174 Å². The van der Waals surface area contributed by atoms with Gasteiger partial charge in [-0.15, -0.1) is 0 Å². The van der Waals surface area contributed by atoms with Crippen molar-refractivity contribution in [2.75, 3.05) is 18.5 Å². The molecule has 1 aliphatic rings. The molecule has 1 saturated heterocycles. The van der Waals surface area contributed by atoms with Crippen LogP contribution in [0.25, 0.3) is 0 Å². The minimum atomic E-state index is -1.03. The van der Waals surface area contributed by atoms with Crippen molar-refractivity contribution in [1.82, 2.24) is 15.5 Å². The highest BCUT2D eigenvalue weighted by atomic mass is 16.5. The van der Waals surface area contributed by atoms with Gasteiger partial charge in [-0.3, -0.25) is 24.6 Å². The van der Waals surface area contributed by atoms with Gasteiger partial charge in [0.2, 0.25) is 0 Å². The fraction of sp³-hybridized carbons (Fsp3) is 0.450. The predicted octanol–water partition coefficient (Wildman–Crippen LogP) is 1.61. The summed E-state index contributed by atoms with van der Waals surface area (Å²) in [5.74, 6) is -2.29. The molecule has 1 aromatic carbocycles. The van der Waals surface area contributed by atoms with Crippen molar-refractivity contribution < 1.29 is 28.7 Å². The van der Waals surface area contributed by atoms with Crippen LogP contribution in [0.4, 0.5) is 15.3 Å². The highest BCUT2D eigenvalue weighted by Crippen LogP contribution is 2.24. The lowest BCUT2D eigenvalue weighted by Gasteiger charge is -2.22. The standard InChI is InChI=1S/C20H26N4O6/c1-5-20(6-2)17(27)24(19(29)23-20)10-16(26)30-11-15(25)22-18(28)21-14-8-7-12(3)9-13(14)4/h7-9H,5-6,10-11H2,1-4H3,(H,23,29)(H2,21,22,25,28). The summed E-state index contributed by atoms with van der Waals surface area (Å²) in [6.07, 6.45) is 0.773. The lowest BCUT2D eigenvalue weighted by molar-refractivity contribution is -0.150. The number of nitrogens with zero attached hydrogens (tertiary/aromatic N) is 1. The van der Waals surface area contributed by atoms with E-state index in [-0.39, 0.29) is 0 Å². The summed E-state index contributed by atoms with van der Waals surface area (Å²) in [7, 11) is 0. The summed E-state index contributed by atoms with van der Waals surface area (Å²) in [4.78, 5) is 60.9. The summed E-state index contributed by atoms with van der Waals surface area (Å²) in [5, 5.41) is 7.16. The molecule has 1 aliphatic heterocycles. The zero-order valence-electron chi connectivity index (χ0n) is 17.5. The number of rotatable bonds is 7. The number of urea groups is 2. The molecule has 3 N–H and O–H groups in total. The van der Waals surface area contributed by atoms with Gasteiger partial charge in [-0.1, -0.05) is 31.5 Å². The van der Waals surface area contributed by atoms with E-state index in [1.54, 1.807) is 19.9 Å². The second-order valence-electron chi connectivity index (χ2n) is 7.09. The molecule has 0 unspecified atom stereocenters. The Hall–Kier alpha value is -3.43. The number of esters is 1. The quantitative estimate of drug-likeness (QED) is 0.455. The Morgan fingerprint density at radius 1 is 1.13 bits per heavy atom. The normalized spacial score (nSPS) is 14.9.